The van der Waals surface area contributed by atoms with Crippen LogP contribution in [0.15, 0.2) is 46.9 Å². The Morgan fingerprint density at radius 2 is 1.86 bits per heavy atom. The van der Waals surface area contributed by atoms with Crippen molar-refractivity contribution in [3.63, 3.8) is 0 Å². The molecular formula is C18H22BrNO. The van der Waals surface area contributed by atoms with Crippen LogP contribution in [-0.2, 0) is 6.54 Å². The molecule has 0 heterocycles. The fourth-order valence-corrected chi connectivity index (χ4v) is 2.75. The number of halogens is 1. The standard InChI is InChI=1S/C18H22BrNO/c1-4-17(15-6-8-16(19)9-7-15)20-12-14-5-10-18(21-3)13(2)11-14/h5-11,17,20H,4,12H2,1-3H3. The SMILES string of the molecule is CCC(NCc1ccc(OC)c(C)c1)c1ccc(Br)cc1. The van der Waals surface area contributed by atoms with E-state index < -0.39 is 0 Å². The van der Waals surface area contributed by atoms with E-state index in [2.05, 4.69) is 71.5 Å². The number of hydrogen-bond donors (Lipinski definition) is 1. The third-order valence-corrected chi connectivity index (χ3v) is 4.22. The first kappa shape index (κ1) is 16.1. The molecule has 1 N–H and O–H groups in total. The number of ether oxygens (including phenoxy) is 1. The summed E-state index contributed by atoms with van der Waals surface area (Å²) in [5.41, 5.74) is 3.78. The van der Waals surface area contributed by atoms with Gasteiger partial charge in [-0.1, -0.05) is 47.1 Å². The van der Waals surface area contributed by atoms with Crippen molar-refractivity contribution >= 4 is 15.9 Å². The molecule has 0 aliphatic heterocycles. The molecule has 0 saturated heterocycles. The predicted molar refractivity (Wildman–Crippen MR) is 91.7 cm³/mol. The van der Waals surface area contributed by atoms with E-state index in [1.54, 1.807) is 7.11 Å². The lowest BCUT2D eigenvalue weighted by atomic mass is 10.0. The van der Waals surface area contributed by atoms with E-state index in [-0.39, 0.29) is 0 Å². The second kappa shape index (κ2) is 7.62. The molecule has 21 heavy (non-hydrogen) atoms. The molecule has 1 unspecified atom stereocenters. The first-order chi connectivity index (χ1) is 10.1. The Kier molecular flexibility index (Phi) is 5.83. The van der Waals surface area contributed by atoms with Crippen LogP contribution in [0.3, 0.4) is 0 Å². The van der Waals surface area contributed by atoms with Crippen LogP contribution >= 0.6 is 15.9 Å². The zero-order valence-electron chi connectivity index (χ0n) is 12.8. The first-order valence-corrected chi connectivity index (χ1v) is 8.05. The normalized spacial score (nSPS) is 12.2. The zero-order chi connectivity index (χ0) is 15.2. The molecule has 2 nitrogen and oxygen atoms in total. The van der Waals surface area contributed by atoms with Crippen molar-refractivity contribution in [1.82, 2.24) is 5.32 Å². The average Bonchev–Trinajstić information content (AvgIpc) is 2.49. The summed E-state index contributed by atoms with van der Waals surface area (Å²) in [7, 11) is 1.71. The van der Waals surface area contributed by atoms with Crippen LogP contribution in [0.25, 0.3) is 0 Å². The van der Waals surface area contributed by atoms with E-state index in [1.807, 2.05) is 6.07 Å². The van der Waals surface area contributed by atoms with Gasteiger partial charge in [0.1, 0.15) is 5.75 Å². The van der Waals surface area contributed by atoms with Crippen molar-refractivity contribution in [3.05, 3.63) is 63.6 Å². The van der Waals surface area contributed by atoms with Crippen LogP contribution in [0, 0.1) is 6.92 Å². The van der Waals surface area contributed by atoms with Gasteiger partial charge in [0.05, 0.1) is 7.11 Å². The molecule has 1 atom stereocenters. The van der Waals surface area contributed by atoms with Crippen LogP contribution in [-0.4, -0.2) is 7.11 Å². The third kappa shape index (κ3) is 4.32. The Morgan fingerprint density at radius 3 is 2.43 bits per heavy atom. The molecule has 2 aromatic rings. The van der Waals surface area contributed by atoms with Crippen LogP contribution in [0.1, 0.15) is 36.1 Å². The molecule has 0 fully saturated rings. The van der Waals surface area contributed by atoms with Gasteiger partial charge in [0.2, 0.25) is 0 Å². The quantitative estimate of drug-likeness (QED) is 0.793. The number of methoxy groups -OCH3 is 1. The molecule has 3 heteroatoms. The minimum atomic E-state index is 0.375. The van der Waals surface area contributed by atoms with Crippen LogP contribution in [0.5, 0.6) is 5.75 Å². The molecule has 0 aliphatic rings. The van der Waals surface area contributed by atoms with E-state index >= 15 is 0 Å². The highest BCUT2D eigenvalue weighted by atomic mass is 79.9. The van der Waals surface area contributed by atoms with E-state index in [1.165, 1.54) is 16.7 Å². The van der Waals surface area contributed by atoms with Crippen LogP contribution in [0.2, 0.25) is 0 Å². The summed E-state index contributed by atoms with van der Waals surface area (Å²) < 4.78 is 6.42. The lowest BCUT2D eigenvalue weighted by Crippen LogP contribution is -2.20. The molecule has 0 saturated carbocycles. The topological polar surface area (TPSA) is 21.3 Å². The van der Waals surface area contributed by atoms with Gasteiger partial charge in [-0.2, -0.15) is 0 Å². The Morgan fingerprint density at radius 1 is 1.14 bits per heavy atom. The third-order valence-electron chi connectivity index (χ3n) is 3.69. The Balaban J connectivity index is 2.03. The lowest BCUT2D eigenvalue weighted by molar-refractivity contribution is 0.411. The van der Waals surface area contributed by atoms with Gasteiger partial charge < -0.3 is 10.1 Å². The Bertz CT molecular complexity index is 580. The van der Waals surface area contributed by atoms with Gasteiger partial charge in [0.25, 0.3) is 0 Å². The van der Waals surface area contributed by atoms with Gasteiger partial charge in [-0.15, -0.1) is 0 Å². The molecule has 0 radical (unpaired) electrons. The second-order valence-electron chi connectivity index (χ2n) is 5.20. The summed E-state index contributed by atoms with van der Waals surface area (Å²) in [5, 5.41) is 3.63. The summed E-state index contributed by atoms with van der Waals surface area (Å²) in [6.45, 7) is 5.15. The van der Waals surface area contributed by atoms with E-state index in [9.17, 15) is 0 Å². The highest BCUT2D eigenvalue weighted by Gasteiger charge is 2.09. The molecule has 0 amide bonds. The van der Waals surface area contributed by atoms with Crippen molar-refractivity contribution in [1.29, 1.82) is 0 Å². The van der Waals surface area contributed by atoms with Crippen LogP contribution < -0.4 is 10.1 Å². The number of hydrogen-bond acceptors (Lipinski definition) is 2. The smallest absolute Gasteiger partial charge is 0.121 e. The van der Waals surface area contributed by atoms with Crippen LogP contribution in [0.4, 0.5) is 0 Å². The lowest BCUT2D eigenvalue weighted by Gasteiger charge is -2.18. The fourth-order valence-electron chi connectivity index (χ4n) is 2.48. The number of nitrogens with one attached hydrogen (secondary N) is 1. The fraction of sp³-hybridized carbons (Fsp3) is 0.333. The van der Waals surface area contributed by atoms with E-state index in [0.29, 0.717) is 6.04 Å². The maximum absolute atomic E-state index is 5.30. The molecule has 0 spiro atoms. The summed E-state index contributed by atoms with van der Waals surface area (Å²) in [6.07, 6.45) is 1.07. The van der Waals surface area contributed by atoms with Crippen molar-refractivity contribution in [2.75, 3.05) is 7.11 Å². The Labute approximate surface area is 135 Å². The highest BCUT2D eigenvalue weighted by molar-refractivity contribution is 9.10. The van der Waals surface area contributed by atoms with E-state index in [4.69, 9.17) is 4.74 Å². The monoisotopic (exact) mass is 347 g/mol. The minimum Gasteiger partial charge on any atom is -0.496 e. The summed E-state index contributed by atoms with van der Waals surface area (Å²) in [4.78, 5) is 0. The second-order valence-corrected chi connectivity index (χ2v) is 6.11. The van der Waals surface area contributed by atoms with E-state index in [0.717, 1.165) is 23.2 Å². The molecule has 112 valence electrons. The maximum atomic E-state index is 5.30. The molecule has 2 aromatic carbocycles. The van der Waals surface area contributed by atoms with Crippen molar-refractivity contribution in [2.24, 2.45) is 0 Å². The number of aryl methyl sites for hydroxylation is 1. The van der Waals surface area contributed by atoms with Gasteiger partial charge in [0.15, 0.2) is 0 Å². The van der Waals surface area contributed by atoms with Crippen molar-refractivity contribution in [2.45, 2.75) is 32.9 Å². The maximum Gasteiger partial charge on any atom is 0.121 e. The molecule has 0 aromatic heterocycles. The Hall–Kier alpha value is -1.32. The highest BCUT2D eigenvalue weighted by Crippen LogP contribution is 2.22. The minimum absolute atomic E-state index is 0.375. The predicted octanol–water partition coefficient (Wildman–Crippen LogP) is 5.01. The average molecular weight is 348 g/mol. The largest absolute Gasteiger partial charge is 0.496 e. The molecule has 0 bridgehead atoms. The van der Waals surface area contributed by atoms with Gasteiger partial charge in [-0.3, -0.25) is 0 Å². The summed E-state index contributed by atoms with van der Waals surface area (Å²) in [6, 6.07) is 15.2. The molecular weight excluding hydrogens is 326 g/mol. The first-order valence-electron chi connectivity index (χ1n) is 7.26. The summed E-state index contributed by atoms with van der Waals surface area (Å²) in [5.74, 6) is 0.943. The van der Waals surface area contributed by atoms with Gasteiger partial charge in [0, 0.05) is 17.1 Å². The molecule has 0 aliphatic carbocycles. The van der Waals surface area contributed by atoms with Gasteiger partial charge in [-0.25, -0.2) is 0 Å². The molecule has 2 rings (SSSR count). The summed E-state index contributed by atoms with van der Waals surface area (Å²) >= 11 is 3.48. The van der Waals surface area contributed by atoms with Crippen molar-refractivity contribution in [3.8, 4) is 5.75 Å². The van der Waals surface area contributed by atoms with Crippen molar-refractivity contribution < 1.29 is 4.74 Å². The van der Waals surface area contributed by atoms with Gasteiger partial charge >= 0.3 is 0 Å². The number of benzene rings is 2. The zero-order valence-corrected chi connectivity index (χ0v) is 14.4. The number of rotatable bonds is 6. The van der Waals surface area contributed by atoms with Gasteiger partial charge in [-0.05, 0) is 48.2 Å².